The van der Waals surface area contributed by atoms with E-state index >= 15 is 0 Å². The monoisotopic (exact) mass is 791 g/mol. The molecule has 3 amide bonds. The van der Waals surface area contributed by atoms with Crippen molar-refractivity contribution >= 4 is 66.7 Å². The predicted octanol–water partition coefficient (Wildman–Crippen LogP) is 5.36. The molecule has 4 aliphatic rings. The van der Waals surface area contributed by atoms with Crippen LogP contribution in [0.3, 0.4) is 0 Å². The van der Waals surface area contributed by atoms with Gasteiger partial charge in [-0.1, -0.05) is 25.0 Å². The molecule has 5 atom stereocenters. The van der Waals surface area contributed by atoms with Gasteiger partial charge in [0.15, 0.2) is 5.78 Å². The quantitative estimate of drug-likeness (QED) is 0.185. The first kappa shape index (κ1) is 37.1. The van der Waals surface area contributed by atoms with E-state index in [1.54, 1.807) is 6.07 Å². The van der Waals surface area contributed by atoms with Gasteiger partial charge in [0.25, 0.3) is 5.91 Å². The molecule has 2 aromatic heterocycles. The van der Waals surface area contributed by atoms with E-state index in [4.69, 9.17) is 4.74 Å². The van der Waals surface area contributed by atoms with Gasteiger partial charge in [-0.25, -0.2) is 26.6 Å². The fraction of sp³-hybridized carbons (Fsp3) is 0.436. The maximum absolute atomic E-state index is 14.6. The lowest BCUT2D eigenvalue weighted by atomic mass is 9.91. The van der Waals surface area contributed by atoms with E-state index in [0.29, 0.717) is 53.1 Å². The minimum atomic E-state index is -3.89. The van der Waals surface area contributed by atoms with Crippen molar-refractivity contribution in [3.8, 4) is 5.88 Å². The molecule has 4 heterocycles. The molecule has 12 nitrogen and oxygen atoms in total. The topological polar surface area (TPSA) is 165 Å². The molecule has 0 unspecified atom stereocenters. The van der Waals surface area contributed by atoms with Crippen LogP contribution >= 0.6 is 11.5 Å². The number of carbonyl (C=O) groups is 4. The average molecular weight is 792 g/mol. The molecule has 2 aliphatic carbocycles. The van der Waals surface area contributed by atoms with Crippen LogP contribution in [0.5, 0.6) is 5.88 Å². The molecule has 8 rings (SSSR count). The van der Waals surface area contributed by atoms with Crippen LogP contribution in [-0.2, 0) is 24.4 Å². The van der Waals surface area contributed by atoms with E-state index in [9.17, 15) is 36.4 Å². The number of benzene rings is 2. The van der Waals surface area contributed by atoms with Crippen LogP contribution in [0.15, 0.2) is 60.8 Å². The minimum Gasteiger partial charge on any atom is -0.472 e. The van der Waals surface area contributed by atoms with Gasteiger partial charge in [0, 0.05) is 35.9 Å². The predicted molar refractivity (Wildman–Crippen MR) is 200 cm³/mol. The minimum absolute atomic E-state index is 0.00970. The Morgan fingerprint density at radius 2 is 1.75 bits per heavy atom. The first-order valence-corrected chi connectivity index (χ1v) is 20.9. The average Bonchev–Trinajstić information content (AvgIpc) is 4.01. The number of pyridine rings is 1. The van der Waals surface area contributed by atoms with Crippen LogP contribution < -0.4 is 14.8 Å². The molecule has 2 aromatic carbocycles. The Balaban J connectivity index is 1.13. The lowest BCUT2D eigenvalue weighted by Crippen LogP contribution is -2.52. The number of hydrogen-bond acceptors (Lipinski definition) is 10. The number of hydrogen-bond donors (Lipinski definition) is 2. The summed E-state index contributed by atoms with van der Waals surface area (Å²) in [7, 11) is -3.89. The van der Waals surface area contributed by atoms with Gasteiger partial charge in [-0.05, 0) is 97.8 Å². The van der Waals surface area contributed by atoms with Crippen LogP contribution in [0.25, 0.3) is 21.7 Å². The van der Waals surface area contributed by atoms with E-state index in [0.717, 1.165) is 24.4 Å². The highest BCUT2D eigenvalue weighted by molar-refractivity contribution is 7.90. The summed E-state index contributed by atoms with van der Waals surface area (Å²) in [5, 5.41) is 3.61. The molecule has 55 heavy (non-hydrogen) atoms. The molecule has 2 aliphatic heterocycles. The van der Waals surface area contributed by atoms with Gasteiger partial charge < -0.3 is 15.0 Å². The number of halogens is 2. The first-order chi connectivity index (χ1) is 26.4. The molecule has 1 saturated heterocycles. The van der Waals surface area contributed by atoms with E-state index in [1.807, 2.05) is 12.2 Å². The molecular weight excluding hydrogens is 753 g/mol. The van der Waals surface area contributed by atoms with Crippen LogP contribution in [-0.4, -0.2) is 76.2 Å². The number of sulfonamides is 1. The van der Waals surface area contributed by atoms with Crippen LogP contribution in [0.2, 0.25) is 0 Å². The molecule has 2 saturated carbocycles. The summed E-state index contributed by atoms with van der Waals surface area (Å²) in [5.41, 5.74) is -1.09. The molecule has 2 N–H and O–H groups in total. The second-order valence-corrected chi connectivity index (χ2v) is 17.8. The van der Waals surface area contributed by atoms with Crippen LogP contribution in [0.1, 0.15) is 73.9 Å². The molecule has 0 radical (unpaired) electrons. The second kappa shape index (κ2) is 14.7. The van der Waals surface area contributed by atoms with E-state index in [-0.39, 0.29) is 43.1 Å². The summed E-state index contributed by atoms with van der Waals surface area (Å²) >= 11 is 0.989. The lowest BCUT2D eigenvalue weighted by Gasteiger charge is -2.29. The largest absolute Gasteiger partial charge is 0.472 e. The summed E-state index contributed by atoms with van der Waals surface area (Å²) in [6.07, 6.45) is 8.51. The number of nitrogens with zero attached hydrogens (tertiary/aromatic N) is 3. The van der Waals surface area contributed by atoms with Gasteiger partial charge in [0.1, 0.15) is 28.7 Å². The summed E-state index contributed by atoms with van der Waals surface area (Å²) in [6.45, 7) is -0.0910. The summed E-state index contributed by atoms with van der Waals surface area (Å²) in [4.78, 5) is 62.4. The van der Waals surface area contributed by atoms with Crippen molar-refractivity contribution in [3.05, 3.63) is 77.3 Å². The number of ether oxygens (including phenoxy) is 1. The van der Waals surface area contributed by atoms with Crippen molar-refractivity contribution in [3.63, 3.8) is 0 Å². The van der Waals surface area contributed by atoms with Crippen molar-refractivity contribution in [2.75, 3.05) is 6.54 Å². The van der Waals surface area contributed by atoms with Gasteiger partial charge in [-0.15, -0.1) is 0 Å². The van der Waals surface area contributed by atoms with E-state index in [1.165, 1.54) is 47.5 Å². The van der Waals surface area contributed by atoms with Crippen molar-refractivity contribution in [2.24, 2.45) is 11.3 Å². The molecule has 3 fully saturated rings. The number of fused-ring (bicyclic) bond motifs is 5. The van der Waals surface area contributed by atoms with Crippen molar-refractivity contribution in [2.45, 2.75) is 87.6 Å². The van der Waals surface area contributed by atoms with Gasteiger partial charge >= 0.3 is 0 Å². The number of amides is 3. The SMILES string of the molecule is O=C(N[C@H]1CCCCC/C=C\[C@@H]2C[C@@]2(C(=O)NS(=O)(=O)C2CC2)CC(=O)[C@@H]2C[C@@H](Oc3nc4cc(F)ccc4c4cc(F)ccc34)CN2C1=O)c1ccns1. The Hall–Kier alpha value is -4.83. The smallest absolute Gasteiger partial charge is 0.263 e. The number of carbonyl (C=O) groups excluding carboxylic acids is 4. The number of Topliss-reactive ketones (excluding diaryl/α,β-unsaturated/α-hetero) is 1. The molecular formula is C39H39F2N5O7S2. The summed E-state index contributed by atoms with van der Waals surface area (Å²) < 4.78 is 67.3. The summed E-state index contributed by atoms with van der Waals surface area (Å²) in [6, 6.07) is 7.50. The van der Waals surface area contributed by atoms with Gasteiger partial charge in [-0.2, -0.15) is 0 Å². The Morgan fingerprint density at radius 1 is 0.964 bits per heavy atom. The fourth-order valence-electron chi connectivity index (χ4n) is 7.92. The normalized spacial score (nSPS) is 26.8. The third kappa shape index (κ3) is 7.58. The first-order valence-electron chi connectivity index (χ1n) is 18.5. The highest BCUT2D eigenvalue weighted by Crippen LogP contribution is 2.57. The third-order valence-electron chi connectivity index (χ3n) is 11.2. The van der Waals surface area contributed by atoms with Crippen LogP contribution in [0, 0.1) is 23.0 Å². The van der Waals surface area contributed by atoms with Crippen molar-refractivity contribution in [1.82, 2.24) is 24.3 Å². The zero-order chi connectivity index (χ0) is 38.5. The number of rotatable bonds is 7. The Labute approximate surface area is 319 Å². The van der Waals surface area contributed by atoms with Crippen LogP contribution in [0.4, 0.5) is 8.78 Å². The number of ketones is 1. The standard InChI is InChI=1S/C39H39F2N5O7S2/c40-23-9-13-28-29(16-23)27-12-8-24(41)17-31(27)44-36(28)53-25-18-32-33(47)20-39(38(50)45-55(51,52)26-10-11-26)19-22(39)6-4-2-1-3-5-7-30(37(49)46(32)21-25)43-35(48)34-14-15-42-54-34/h4,6,8-9,12-17,22,25-26,30,32H,1-3,5,7,10-11,18-21H2,(H,43,48)(H,45,50)/b6-4-/t22-,25-,30+,32+,39-/m1/s1. The Bertz CT molecular complexity index is 2340. The Morgan fingerprint density at radius 3 is 2.51 bits per heavy atom. The Kier molecular flexibility index (Phi) is 9.90. The molecule has 288 valence electrons. The number of nitrogens with one attached hydrogen (secondary N) is 2. The molecule has 16 heteroatoms. The van der Waals surface area contributed by atoms with Gasteiger partial charge in [-0.3, -0.25) is 23.9 Å². The molecule has 0 spiro atoms. The molecule has 0 bridgehead atoms. The van der Waals surface area contributed by atoms with Crippen molar-refractivity contribution < 1.29 is 41.1 Å². The molecule has 4 aromatic rings. The lowest BCUT2D eigenvalue weighted by molar-refractivity contribution is -0.140. The number of allylic oxidation sites excluding steroid dienone is 2. The maximum Gasteiger partial charge on any atom is 0.263 e. The maximum atomic E-state index is 14.6. The third-order valence-corrected chi connectivity index (χ3v) is 13.7. The highest BCUT2D eigenvalue weighted by Gasteiger charge is 2.61. The fourth-order valence-corrected chi connectivity index (χ4v) is 9.80. The van der Waals surface area contributed by atoms with Crippen molar-refractivity contribution in [1.29, 1.82) is 0 Å². The van der Waals surface area contributed by atoms with E-state index in [2.05, 4.69) is 19.4 Å². The highest BCUT2D eigenvalue weighted by atomic mass is 32.2. The summed E-state index contributed by atoms with van der Waals surface area (Å²) in [5.74, 6) is -3.52. The second-order valence-electron chi connectivity index (χ2n) is 15.0. The van der Waals surface area contributed by atoms with Gasteiger partial charge in [0.2, 0.25) is 27.7 Å². The number of aromatic nitrogens is 2. The van der Waals surface area contributed by atoms with Gasteiger partial charge in [0.05, 0.1) is 28.8 Å². The van der Waals surface area contributed by atoms with E-state index < -0.39 is 74.0 Å². The zero-order valence-electron chi connectivity index (χ0n) is 29.7. The zero-order valence-corrected chi connectivity index (χ0v) is 31.3.